The Hall–Kier alpha value is -2.93. The minimum atomic E-state index is 0.577. The van der Waals surface area contributed by atoms with E-state index in [2.05, 4.69) is 55.0 Å². The van der Waals surface area contributed by atoms with Gasteiger partial charge in [-0.05, 0) is 36.1 Å². The standard InChI is InChI=1S/C21H27N7/c1-22-21(24-15-20-26-25-19-9-4-5-13-28(19)20)23-11-6-12-27-14-10-17-7-2-3-8-18(17)16-27/h2-5,7-9,13H,6,10-12,14-16H2,1H3,(H2,22,23,24). The summed E-state index contributed by atoms with van der Waals surface area (Å²) in [5.41, 5.74) is 3.83. The Morgan fingerprint density at radius 3 is 2.82 bits per heavy atom. The van der Waals surface area contributed by atoms with Gasteiger partial charge in [-0.3, -0.25) is 14.3 Å². The predicted molar refractivity (Wildman–Crippen MR) is 111 cm³/mol. The molecule has 3 heterocycles. The van der Waals surface area contributed by atoms with E-state index in [1.807, 2.05) is 28.8 Å². The summed E-state index contributed by atoms with van der Waals surface area (Å²) >= 11 is 0. The molecule has 0 atom stereocenters. The monoisotopic (exact) mass is 377 g/mol. The molecule has 1 aliphatic heterocycles. The maximum atomic E-state index is 4.31. The first kappa shape index (κ1) is 18.4. The number of benzene rings is 1. The summed E-state index contributed by atoms with van der Waals surface area (Å²) < 4.78 is 1.98. The topological polar surface area (TPSA) is 69.8 Å². The van der Waals surface area contributed by atoms with Crippen molar-refractivity contribution >= 4 is 11.6 Å². The van der Waals surface area contributed by atoms with E-state index in [1.54, 1.807) is 7.05 Å². The fraction of sp³-hybridized carbons (Fsp3) is 0.381. The molecule has 0 amide bonds. The van der Waals surface area contributed by atoms with Gasteiger partial charge in [0.25, 0.3) is 0 Å². The van der Waals surface area contributed by atoms with Crippen LogP contribution in [-0.2, 0) is 19.5 Å². The van der Waals surface area contributed by atoms with Crippen LogP contribution in [0.25, 0.3) is 5.65 Å². The number of nitrogens with one attached hydrogen (secondary N) is 2. The smallest absolute Gasteiger partial charge is 0.191 e. The second-order valence-electron chi connectivity index (χ2n) is 7.05. The van der Waals surface area contributed by atoms with Gasteiger partial charge in [0.05, 0.1) is 6.54 Å². The third-order valence-corrected chi connectivity index (χ3v) is 5.18. The number of nitrogens with zero attached hydrogens (tertiary/aromatic N) is 5. The van der Waals surface area contributed by atoms with Crippen molar-refractivity contribution in [3.63, 3.8) is 0 Å². The number of rotatable bonds is 6. The molecule has 0 saturated heterocycles. The summed E-state index contributed by atoms with van der Waals surface area (Å²) in [4.78, 5) is 6.84. The average Bonchev–Trinajstić information content (AvgIpc) is 3.16. The molecule has 7 heteroatoms. The van der Waals surface area contributed by atoms with Gasteiger partial charge in [-0.2, -0.15) is 0 Å². The van der Waals surface area contributed by atoms with Crippen LogP contribution in [-0.4, -0.2) is 52.1 Å². The molecule has 0 fully saturated rings. The van der Waals surface area contributed by atoms with Crippen molar-refractivity contribution in [2.45, 2.75) is 25.9 Å². The lowest BCUT2D eigenvalue weighted by Gasteiger charge is -2.28. The van der Waals surface area contributed by atoms with E-state index >= 15 is 0 Å². The normalized spacial score (nSPS) is 14.8. The van der Waals surface area contributed by atoms with Crippen LogP contribution in [0.1, 0.15) is 23.4 Å². The zero-order chi connectivity index (χ0) is 19.2. The largest absolute Gasteiger partial charge is 0.356 e. The van der Waals surface area contributed by atoms with Crippen LogP contribution < -0.4 is 10.6 Å². The van der Waals surface area contributed by atoms with Crippen molar-refractivity contribution in [3.8, 4) is 0 Å². The van der Waals surface area contributed by atoms with Crippen LogP contribution in [0.5, 0.6) is 0 Å². The maximum absolute atomic E-state index is 4.31. The number of aromatic nitrogens is 3. The first-order valence-electron chi connectivity index (χ1n) is 9.86. The Bertz CT molecular complexity index is 947. The highest BCUT2D eigenvalue weighted by atomic mass is 15.3. The average molecular weight is 377 g/mol. The van der Waals surface area contributed by atoms with Gasteiger partial charge in [-0.15, -0.1) is 10.2 Å². The van der Waals surface area contributed by atoms with Gasteiger partial charge in [-0.1, -0.05) is 30.3 Å². The lowest BCUT2D eigenvalue weighted by Crippen LogP contribution is -2.39. The predicted octanol–water partition coefficient (Wildman–Crippen LogP) is 1.84. The van der Waals surface area contributed by atoms with E-state index in [-0.39, 0.29) is 0 Å². The third-order valence-electron chi connectivity index (χ3n) is 5.18. The molecule has 4 rings (SSSR count). The zero-order valence-corrected chi connectivity index (χ0v) is 16.3. The van der Waals surface area contributed by atoms with E-state index < -0.39 is 0 Å². The molecule has 0 aliphatic carbocycles. The van der Waals surface area contributed by atoms with Gasteiger partial charge in [-0.25, -0.2) is 0 Å². The van der Waals surface area contributed by atoms with E-state index in [9.17, 15) is 0 Å². The highest BCUT2D eigenvalue weighted by Crippen LogP contribution is 2.18. The molecule has 2 N–H and O–H groups in total. The Labute approximate surface area is 165 Å². The fourth-order valence-electron chi connectivity index (χ4n) is 3.65. The fourth-order valence-corrected chi connectivity index (χ4v) is 3.65. The van der Waals surface area contributed by atoms with Crippen molar-refractivity contribution in [2.24, 2.45) is 4.99 Å². The van der Waals surface area contributed by atoms with E-state index in [0.717, 1.165) is 56.5 Å². The molecule has 0 spiro atoms. The number of pyridine rings is 1. The third kappa shape index (κ3) is 4.31. The van der Waals surface area contributed by atoms with Crippen molar-refractivity contribution in [1.82, 2.24) is 30.1 Å². The number of aliphatic imine (C=N–C) groups is 1. The van der Waals surface area contributed by atoms with Crippen LogP contribution in [0.15, 0.2) is 53.7 Å². The molecule has 1 aliphatic rings. The van der Waals surface area contributed by atoms with Crippen LogP contribution >= 0.6 is 0 Å². The molecular weight excluding hydrogens is 350 g/mol. The lowest BCUT2D eigenvalue weighted by molar-refractivity contribution is 0.251. The lowest BCUT2D eigenvalue weighted by atomic mass is 10.00. The minimum Gasteiger partial charge on any atom is -0.356 e. The second-order valence-corrected chi connectivity index (χ2v) is 7.05. The van der Waals surface area contributed by atoms with Crippen LogP contribution in [0.3, 0.4) is 0 Å². The molecular formula is C21H27N7. The van der Waals surface area contributed by atoms with Gasteiger partial charge < -0.3 is 10.6 Å². The molecule has 28 heavy (non-hydrogen) atoms. The molecule has 0 saturated carbocycles. The maximum Gasteiger partial charge on any atom is 0.191 e. The van der Waals surface area contributed by atoms with Gasteiger partial charge in [0, 0.05) is 39.4 Å². The van der Waals surface area contributed by atoms with Crippen molar-refractivity contribution in [2.75, 3.05) is 26.7 Å². The number of fused-ring (bicyclic) bond motifs is 2. The summed E-state index contributed by atoms with van der Waals surface area (Å²) in [7, 11) is 1.79. The number of guanidine groups is 1. The van der Waals surface area contributed by atoms with Gasteiger partial charge in [0.1, 0.15) is 0 Å². The highest BCUT2D eigenvalue weighted by molar-refractivity contribution is 5.79. The number of hydrogen-bond donors (Lipinski definition) is 2. The van der Waals surface area contributed by atoms with Crippen LogP contribution in [0.2, 0.25) is 0 Å². The van der Waals surface area contributed by atoms with Crippen molar-refractivity contribution < 1.29 is 0 Å². The van der Waals surface area contributed by atoms with Gasteiger partial charge in [0.2, 0.25) is 0 Å². The molecule has 3 aromatic rings. The Morgan fingerprint density at radius 1 is 1.07 bits per heavy atom. The highest BCUT2D eigenvalue weighted by Gasteiger charge is 2.14. The first-order valence-corrected chi connectivity index (χ1v) is 9.86. The Balaban J connectivity index is 1.20. The van der Waals surface area contributed by atoms with Gasteiger partial charge in [0.15, 0.2) is 17.4 Å². The number of hydrogen-bond acceptors (Lipinski definition) is 4. The van der Waals surface area contributed by atoms with E-state index in [1.165, 1.54) is 11.1 Å². The second kappa shape index (κ2) is 8.84. The Morgan fingerprint density at radius 2 is 1.93 bits per heavy atom. The summed E-state index contributed by atoms with van der Waals surface area (Å²) in [6.07, 6.45) is 4.20. The quantitative estimate of drug-likeness (QED) is 0.390. The van der Waals surface area contributed by atoms with Crippen LogP contribution in [0.4, 0.5) is 0 Å². The van der Waals surface area contributed by atoms with E-state index in [0.29, 0.717) is 6.54 Å². The SMILES string of the molecule is CN=C(NCCCN1CCc2ccccc2C1)NCc1nnc2ccccn12. The Kier molecular flexibility index (Phi) is 5.82. The molecule has 2 aromatic heterocycles. The summed E-state index contributed by atoms with van der Waals surface area (Å²) in [6.45, 7) is 4.76. The first-order chi connectivity index (χ1) is 13.8. The molecule has 0 unspecified atom stereocenters. The summed E-state index contributed by atoms with van der Waals surface area (Å²) in [6, 6.07) is 14.7. The molecule has 146 valence electrons. The molecule has 1 aromatic carbocycles. The molecule has 7 nitrogen and oxygen atoms in total. The van der Waals surface area contributed by atoms with Crippen molar-refractivity contribution in [1.29, 1.82) is 0 Å². The van der Waals surface area contributed by atoms with Crippen LogP contribution in [0, 0.1) is 0 Å². The minimum absolute atomic E-state index is 0.577. The van der Waals surface area contributed by atoms with Crippen molar-refractivity contribution in [3.05, 3.63) is 65.6 Å². The van der Waals surface area contributed by atoms with Gasteiger partial charge >= 0.3 is 0 Å². The summed E-state index contributed by atoms with van der Waals surface area (Å²) in [5.74, 6) is 1.65. The molecule has 0 bridgehead atoms. The summed E-state index contributed by atoms with van der Waals surface area (Å²) in [5, 5.41) is 15.1. The van der Waals surface area contributed by atoms with E-state index in [4.69, 9.17) is 0 Å². The molecule has 0 radical (unpaired) electrons. The zero-order valence-electron chi connectivity index (χ0n) is 16.3.